The number of aryl methyl sites for hydroxylation is 1. The maximum absolute atomic E-state index is 13.4. The third-order valence-electron chi connectivity index (χ3n) is 6.02. The number of hydrogen-bond acceptors (Lipinski definition) is 3. The van der Waals surface area contributed by atoms with E-state index >= 15 is 0 Å². The van der Waals surface area contributed by atoms with Gasteiger partial charge in [0.05, 0.1) is 12.6 Å². The van der Waals surface area contributed by atoms with Gasteiger partial charge in [-0.3, -0.25) is 14.2 Å². The Morgan fingerprint density at radius 2 is 1.71 bits per heavy atom. The van der Waals surface area contributed by atoms with Gasteiger partial charge in [0.2, 0.25) is 5.91 Å². The third-order valence-corrected chi connectivity index (χ3v) is 6.27. The minimum atomic E-state index is -0.123. The summed E-state index contributed by atoms with van der Waals surface area (Å²) < 4.78 is 7.15. The normalized spacial score (nSPS) is 10.9. The second kappa shape index (κ2) is 10.6. The number of fused-ring (bicyclic) bond motifs is 1. The van der Waals surface area contributed by atoms with Crippen LogP contribution in [-0.4, -0.2) is 30.0 Å². The molecule has 0 bridgehead atoms. The number of amides is 1. The van der Waals surface area contributed by atoms with Crippen molar-refractivity contribution in [3.8, 4) is 5.75 Å². The number of carbonyl (C=O) groups is 2. The molecule has 0 saturated heterocycles. The Kier molecular flexibility index (Phi) is 7.33. The number of nitrogens with zero attached hydrogens (tertiary/aromatic N) is 1. The fraction of sp³-hybridized carbons (Fsp3) is 0.214. The van der Waals surface area contributed by atoms with Crippen molar-refractivity contribution in [3.63, 3.8) is 0 Å². The van der Waals surface area contributed by atoms with Gasteiger partial charge in [-0.2, -0.15) is 0 Å². The molecule has 0 spiro atoms. The molecule has 1 aromatic heterocycles. The number of ether oxygens (including phenoxy) is 1. The Labute approximate surface area is 204 Å². The van der Waals surface area contributed by atoms with Crippen molar-refractivity contribution in [1.82, 2.24) is 9.88 Å². The molecular weight excluding hydrogens is 448 g/mol. The van der Waals surface area contributed by atoms with Crippen molar-refractivity contribution >= 4 is 34.3 Å². The van der Waals surface area contributed by atoms with Gasteiger partial charge in [-0.15, -0.1) is 0 Å². The summed E-state index contributed by atoms with van der Waals surface area (Å²) in [5, 5.41) is 4.54. The van der Waals surface area contributed by atoms with Gasteiger partial charge < -0.3 is 10.1 Å². The van der Waals surface area contributed by atoms with E-state index in [2.05, 4.69) is 5.32 Å². The highest BCUT2D eigenvalue weighted by molar-refractivity contribution is 6.30. The average Bonchev–Trinajstić information content (AvgIpc) is 3.13. The van der Waals surface area contributed by atoms with Gasteiger partial charge in [0.15, 0.2) is 0 Å². The number of benzene rings is 3. The van der Waals surface area contributed by atoms with Gasteiger partial charge in [0.25, 0.3) is 5.91 Å². The molecule has 6 heteroatoms. The van der Waals surface area contributed by atoms with Crippen LogP contribution in [0, 0.1) is 6.92 Å². The molecular formula is C28H27ClN2O3. The van der Waals surface area contributed by atoms with Crippen LogP contribution in [0.15, 0.2) is 72.8 Å². The Balaban J connectivity index is 1.54. The Hall–Kier alpha value is -3.57. The molecule has 0 aliphatic rings. The zero-order valence-corrected chi connectivity index (χ0v) is 20.1. The monoisotopic (exact) mass is 474 g/mol. The largest absolute Gasteiger partial charge is 0.497 e. The molecule has 0 fully saturated rings. The van der Waals surface area contributed by atoms with Crippen molar-refractivity contribution in [1.29, 1.82) is 0 Å². The lowest BCUT2D eigenvalue weighted by molar-refractivity contribution is -0.121. The molecule has 1 N–H and O–H groups in total. The number of nitrogens with one attached hydrogen (secondary N) is 1. The molecule has 0 aliphatic heterocycles. The minimum Gasteiger partial charge on any atom is -0.497 e. The number of aromatic nitrogens is 1. The molecule has 0 saturated carbocycles. The maximum atomic E-state index is 13.4. The summed E-state index contributed by atoms with van der Waals surface area (Å²) >= 11 is 6.00. The van der Waals surface area contributed by atoms with Crippen molar-refractivity contribution in [3.05, 3.63) is 100 Å². The summed E-state index contributed by atoms with van der Waals surface area (Å²) in [7, 11) is 1.62. The Morgan fingerprint density at radius 1 is 0.971 bits per heavy atom. The van der Waals surface area contributed by atoms with Crippen LogP contribution in [0.1, 0.15) is 33.6 Å². The van der Waals surface area contributed by atoms with Crippen LogP contribution < -0.4 is 10.1 Å². The summed E-state index contributed by atoms with van der Waals surface area (Å²) in [4.78, 5) is 25.8. The Bertz CT molecular complexity index is 1310. The molecule has 1 amide bonds. The van der Waals surface area contributed by atoms with E-state index in [9.17, 15) is 9.59 Å². The summed E-state index contributed by atoms with van der Waals surface area (Å²) in [6.45, 7) is 2.42. The van der Waals surface area contributed by atoms with Gasteiger partial charge >= 0.3 is 0 Å². The van der Waals surface area contributed by atoms with Crippen LogP contribution in [-0.2, 0) is 17.6 Å². The number of hydrogen-bond donors (Lipinski definition) is 1. The van der Waals surface area contributed by atoms with Crippen LogP contribution in [0.3, 0.4) is 0 Å². The van der Waals surface area contributed by atoms with Gasteiger partial charge in [-0.1, -0.05) is 41.9 Å². The quantitative estimate of drug-likeness (QED) is 0.362. The van der Waals surface area contributed by atoms with E-state index in [-0.39, 0.29) is 11.8 Å². The van der Waals surface area contributed by atoms with Gasteiger partial charge in [-0.25, -0.2) is 0 Å². The van der Waals surface area contributed by atoms with Gasteiger partial charge in [-0.05, 0) is 73.4 Å². The molecule has 0 aliphatic carbocycles. The number of methoxy groups -OCH3 is 1. The van der Waals surface area contributed by atoms with E-state index in [0.29, 0.717) is 36.4 Å². The van der Waals surface area contributed by atoms with Crippen LogP contribution in [0.25, 0.3) is 10.9 Å². The average molecular weight is 475 g/mol. The first kappa shape index (κ1) is 23.6. The summed E-state index contributed by atoms with van der Waals surface area (Å²) in [5.41, 5.74) is 4.37. The molecule has 0 unspecified atom stereocenters. The molecule has 1 heterocycles. The second-order valence-electron chi connectivity index (χ2n) is 8.18. The number of halogens is 1. The van der Waals surface area contributed by atoms with Crippen LogP contribution >= 0.6 is 11.6 Å². The van der Waals surface area contributed by atoms with E-state index in [0.717, 1.165) is 33.5 Å². The predicted molar refractivity (Wildman–Crippen MR) is 136 cm³/mol. The molecule has 34 heavy (non-hydrogen) atoms. The smallest absolute Gasteiger partial charge is 0.262 e. The topological polar surface area (TPSA) is 60.3 Å². The van der Waals surface area contributed by atoms with E-state index < -0.39 is 0 Å². The van der Waals surface area contributed by atoms with E-state index in [1.165, 1.54) is 0 Å². The standard InChI is InChI=1S/C28H27ClN2O3/c1-19-24(16-17-30-27(32)15-8-20-6-4-3-5-7-20)25-18-23(34-2)13-14-26(25)31(19)28(33)21-9-11-22(29)12-10-21/h3-7,9-14,18H,8,15-17H2,1-2H3,(H,30,32). The number of rotatable bonds is 8. The highest BCUT2D eigenvalue weighted by atomic mass is 35.5. The molecule has 174 valence electrons. The first-order valence-corrected chi connectivity index (χ1v) is 11.6. The molecule has 5 nitrogen and oxygen atoms in total. The maximum Gasteiger partial charge on any atom is 0.262 e. The van der Waals surface area contributed by atoms with E-state index in [1.54, 1.807) is 35.9 Å². The zero-order chi connectivity index (χ0) is 24.1. The zero-order valence-electron chi connectivity index (χ0n) is 19.3. The van der Waals surface area contributed by atoms with Gasteiger partial charge in [0.1, 0.15) is 5.75 Å². The van der Waals surface area contributed by atoms with Crippen molar-refractivity contribution in [2.45, 2.75) is 26.2 Å². The Morgan fingerprint density at radius 3 is 2.41 bits per heavy atom. The highest BCUT2D eigenvalue weighted by Gasteiger charge is 2.20. The lowest BCUT2D eigenvalue weighted by Gasteiger charge is -2.09. The van der Waals surface area contributed by atoms with E-state index in [4.69, 9.17) is 16.3 Å². The van der Waals surface area contributed by atoms with Crippen molar-refractivity contribution in [2.75, 3.05) is 13.7 Å². The number of carbonyl (C=O) groups excluding carboxylic acids is 2. The third kappa shape index (κ3) is 5.15. The second-order valence-corrected chi connectivity index (χ2v) is 8.62. The lowest BCUT2D eigenvalue weighted by Crippen LogP contribution is -2.26. The van der Waals surface area contributed by atoms with Crippen molar-refractivity contribution < 1.29 is 14.3 Å². The van der Waals surface area contributed by atoms with Crippen LogP contribution in [0.5, 0.6) is 5.75 Å². The SMILES string of the molecule is COc1ccc2c(c1)c(CCNC(=O)CCc1ccccc1)c(C)n2C(=O)c1ccc(Cl)cc1. The predicted octanol–water partition coefficient (Wildman–Crippen LogP) is 5.59. The first-order valence-electron chi connectivity index (χ1n) is 11.3. The molecule has 3 aromatic carbocycles. The van der Waals surface area contributed by atoms with Gasteiger partial charge in [0, 0.05) is 34.6 Å². The molecule has 0 radical (unpaired) electrons. The molecule has 0 atom stereocenters. The fourth-order valence-electron chi connectivity index (χ4n) is 4.21. The highest BCUT2D eigenvalue weighted by Crippen LogP contribution is 2.30. The van der Waals surface area contributed by atoms with Crippen molar-refractivity contribution in [2.24, 2.45) is 0 Å². The fourth-order valence-corrected chi connectivity index (χ4v) is 4.33. The first-order chi connectivity index (χ1) is 16.5. The lowest BCUT2D eigenvalue weighted by atomic mass is 10.1. The summed E-state index contributed by atoms with van der Waals surface area (Å²) in [5.74, 6) is 0.610. The molecule has 4 rings (SSSR count). The molecule has 4 aromatic rings. The summed E-state index contributed by atoms with van der Waals surface area (Å²) in [6.07, 6.45) is 1.75. The van der Waals surface area contributed by atoms with Crippen LogP contribution in [0.4, 0.5) is 0 Å². The minimum absolute atomic E-state index is 0.0139. The van der Waals surface area contributed by atoms with E-state index in [1.807, 2.05) is 55.5 Å². The van der Waals surface area contributed by atoms with Crippen LogP contribution in [0.2, 0.25) is 5.02 Å². The summed E-state index contributed by atoms with van der Waals surface area (Å²) in [6, 6.07) is 22.5.